The second-order valence-corrected chi connectivity index (χ2v) is 3.82. The second kappa shape index (κ2) is 4.72. The number of carbonyl (C=O) groups is 1. The van der Waals surface area contributed by atoms with Crippen LogP contribution in [0.5, 0.6) is 0 Å². The van der Waals surface area contributed by atoms with E-state index in [2.05, 4.69) is 0 Å². The molecule has 0 saturated heterocycles. The van der Waals surface area contributed by atoms with Crippen molar-refractivity contribution < 1.29 is 14.6 Å². The van der Waals surface area contributed by atoms with E-state index in [9.17, 15) is 9.90 Å². The van der Waals surface area contributed by atoms with Crippen molar-refractivity contribution in [3.05, 3.63) is 0 Å². The summed E-state index contributed by atoms with van der Waals surface area (Å²) in [5, 5.41) is 9.21. The first kappa shape index (κ1) is 10.7. The Morgan fingerprint density at radius 1 is 1.38 bits per heavy atom. The highest BCUT2D eigenvalue weighted by Gasteiger charge is 2.22. The number of rotatable bonds is 3. The van der Waals surface area contributed by atoms with Crippen molar-refractivity contribution in [1.82, 2.24) is 0 Å². The van der Waals surface area contributed by atoms with Gasteiger partial charge in [-0.1, -0.05) is 0 Å². The third kappa shape index (κ3) is 3.44. The van der Waals surface area contributed by atoms with Gasteiger partial charge in [-0.05, 0) is 26.7 Å². The van der Waals surface area contributed by atoms with E-state index in [0.29, 0.717) is 18.6 Å². The molecule has 1 aliphatic rings. The Morgan fingerprint density at radius 2 is 1.92 bits per heavy atom. The van der Waals surface area contributed by atoms with Crippen LogP contribution in [0.15, 0.2) is 0 Å². The predicted octanol–water partition coefficient (Wildman–Crippen LogP) is 1.28. The molecule has 1 N–H and O–H groups in total. The topological polar surface area (TPSA) is 46.5 Å². The molecule has 1 saturated carbocycles. The molecular formula is C10H18O3. The lowest BCUT2D eigenvalue weighted by molar-refractivity contribution is -0.126. The van der Waals surface area contributed by atoms with Crippen LogP contribution in [0.25, 0.3) is 0 Å². The molecule has 1 rings (SSSR count). The van der Waals surface area contributed by atoms with Crippen molar-refractivity contribution in [2.75, 3.05) is 0 Å². The van der Waals surface area contributed by atoms with Gasteiger partial charge in [0.2, 0.25) is 0 Å². The summed E-state index contributed by atoms with van der Waals surface area (Å²) in [7, 11) is 0. The van der Waals surface area contributed by atoms with Crippen molar-refractivity contribution in [3.63, 3.8) is 0 Å². The quantitative estimate of drug-likeness (QED) is 0.722. The van der Waals surface area contributed by atoms with Crippen molar-refractivity contribution in [1.29, 1.82) is 0 Å². The van der Waals surface area contributed by atoms with Crippen LogP contribution in [-0.2, 0) is 9.53 Å². The van der Waals surface area contributed by atoms with E-state index in [-0.39, 0.29) is 12.2 Å². The fourth-order valence-electron chi connectivity index (χ4n) is 1.47. The van der Waals surface area contributed by atoms with Crippen LogP contribution in [0.2, 0.25) is 0 Å². The van der Waals surface area contributed by atoms with E-state index in [1.807, 2.05) is 6.92 Å². The smallest absolute Gasteiger partial charge is 0.133 e. The van der Waals surface area contributed by atoms with Crippen molar-refractivity contribution >= 4 is 5.78 Å². The minimum Gasteiger partial charge on any atom is -0.391 e. The second-order valence-electron chi connectivity index (χ2n) is 3.82. The Bertz CT molecular complexity index is 167. The molecule has 0 spiro atoms. The number of ketones is 1. The normalized spacial score (nSPS) is 24.4. The molecule has 3 nitrogen and oxygen atoms in total. The third-order valence-corrected chi connectivity index (χ3v) is 2.58. The van der Waals surface area contributed by atoms with E-state index >= 15 is 0 Å². The minimum absolute atomic E-state index is 0.127. The van der Waals surface area contributed by atoms with E-state index in [0.717, 1.165) is 12.8 Å². The van der Waals surface area contributed by atoms with Gasteiger partial charge in [0.15, 0.2) is 0 Å². The van der Waals surface area contributed by atoms with Crippen LogP contribution in [0.3, 0.4) is 0 Å². The molecule has 0 aromatic heterocycles. The molecule has 2 unspecified atom stereocenters. The zero-order chi connectivity index (χ0) is 9.84. The highest BCUT2D eigenvalue weighted by Crippen LogP contribution is 2.19. The molecule has 0 aromatic carbocycles. The Morgan fingerprint density at radius 3 is 2.38 bits per heavy atom. The highest BCUT2D eigenvalue weighted by molar-refractivity contribution is 5.79. The molecule has 3 heteroatoms. The molecule has 1 fully saturated rings. The zero-order valence-corrected chi connectivity index (χ0v) is 8.32. The lowest BCUT2D eigenvalue weighted by Crippen LogP contribution is -2.31. The maximum absolute atomic E-state index is 10.9. The molecule has 0 bridgehead atoms. The summed E-state index contributed by atoms with van der Waals surface area (Å²) < 4.78 is 5.60. The highest BCUT2D eigenvalue weighted by atomic mass is 16.5. The predicted molar refractivity (Wildman–Crippen MR) is 49.5 cm³/mol. The average molecular weight is 186 g/mol. The summed E-state index contributed by atoms with van der Waals surface area (Å²) in [6.45, 7) is 3.58. The summed E-state index contributed by atoms with van der Waals surface area (Å²) in [6.07, 6.45) is 2.51. The van der Waals surface area contributed by atoms with Crippen LogP contribution in [0.4, 0.5) is 0 Å². The third-order valence-electron chi connectivity index (χ3n) is 2.58. The Kier molecular flexibility index (Phi) is 3.88. The molecule has 0 radical (unpaired) electrons. The van der Waals surface area contributed by atoms with E-state index in [4.69, 9.17) is 4.74 Å². The lowest BCUT2D eigenvalue weighted by atomic mass is 9.96. The maximum atomic E-state index is 10.9. The van der Waals surface area contributed by atoms with Gasteiger partial charge in [-0.15, -0.1) is 0 Å². The number of carbonyl (C=O) groups excluding carboxylic acids is 1. The van der Waals surface area contributed by atoms with Gasteiger partial charge in [-0.25, -0.2) is 0 Å². The minimum atomic E-state index is -0.433. The Labute approximate surface area is 79.1 Å². The zero-order valence-electron chi connectivity index (χ0n) is 8.32. The first-order valence-electron chi connectivity index (χ1n) is 4.95. The summed E-state index contributed by atoms with van der Waals surface area (Å²) in [6, 6.07) is 0. The van der Waals surface area contributed by atoms with Gasteiger partial charge < -0.3 is 9.84 Å². The standard InChI is InChI=1S/C10H18O3/c1-7(11)8(2)13-10-5-3-9(12)4-6-10/h7-8,10-11H,3-6H2,1-2H3. The van der Waals surface area contributed by atoms with Crippen molar-refractivity contribution in [3.8, 4) is 0 Å². The van der Waals surface area contributed by atoms with Crippen molar-refractivity contribution in [2.45, 2.75) is 57.8 Å². The molecule has 0 heterocycles. The first-order chi connectivity index (χ1) is 6.09. The lowest BCUT2D eigenvalue weighted by Gasteiger charge is -2.26. The molecule has 1 aliphatic carbocycles. The summed E-state index contributed by atoms with van der Waals surface area (Å²) in [5.74, 6) is 0.338. The molecule has 13 heavy (non-hydrogen) atoms. The van der Waals surface area contributed by atoms with Gasteiger partial charge >= 0.3 is 0 Å². The summed E-state index contributed by atoms with van der Waals surface area (Å²) in [4.78, 5) is 10.9. The number of aliphatic hydroxyl groups excluding tert-OH is 1. The number of Topliss-reactive ketones (excluding diaryl/α,β-unsaturated/α-hetero) is 1. The monoisotopic (exact) mass is 186 g/mol. The van der Waals surface area contributed by atoms with Crippen LogP contribution in [-0.4, -0.2) is 29.2 Å². The molecule has 0 amide bonds. The van der Waals surface area contributed by atoms with Crippen LogP contribution >= 0.6 is 0 Å². The van der Waals surface area contributed by atoms with E-state index in [1.165, 1.54) is 0 Å². The summed E-state index contributed by atoms with van der Waals surface area (Å²) in [5.41, 5.74) is 0. The van der Waals surface area contributed by atoms with Gasteiger partial charge in [-0.2, -0.15) is 0 Å². The fraction of sp³-hybridized carbons (Fsp3) is 0.900. The molecule has 2 atom stereocenters. The maximum Gasteiger partial charge on any atom is 0.133 e. The first-order valence-corrected chi connectivity index (χ1v) is 4.95. The average Bonchev–Trinajstić information content (AvgIpc) is 2.08. The number of hydrogen-bond acceptors (Lipinski definition) is 3. The number of aliphatic hydroxyl groups is 1. The van der Waals surface area contributed by atoms with Gasteiger partial charge in [0.05, 0.1) is 18.3 Å². The molecule has 76 valence electrons. The van der Waals surface area contributed by atoms with Crippen LogP contribution in [0, 0.1) is 0 Å². The fourth-order valence-corrected chi connectivity index (χ4v) is 1.47. The van der Waals surface area contributed by atoms with Gasteiger partial charge in [0, 0.05) is 12.8 Å². The molecule has 0 aromatic rings. The van der Waals surface area contributed by atoms with E-state index < -0.39 is 6.10 Å². The largest absolute Gasteiger partial charge is 0.391 e. The molecular weight excluding hydrogens is 168 g/mol. The van der Waals surface area contributed by atoms with Crippen molar-refractivity contribution in [2.24, 2.45) is 0 Å². The van der Waals surface area contributed by atoms with Gasteiger partial charge in [0.25, 0.3) is 0 Å². The number of hydrogen-bond donors (Lipinski definition) is 1. The van der Waals surface area contributed by atoms with Crippen LogP contribution in [0.1, 0.15) is 39.5 Å². The van der Waals surface area contributed by atoms with Gasteiger partial charge in [0.1, 0.15) is 5.78 Å². The summed E-state index contributed by atoms with van der Waals surface area (Å²) >= 11 is 0. The van der Waals surface area contributed by atoms with Crippen LogP contribution < -0.4 is 0 Å². The van der Waals surface area contributed by atoms with E-state index in [1.54, 1.807) is 6.92 Å². The van der Waals surface area contributed by atoms with Gasteiger partial charge in [-0.3, -0.25) is 4.79 Å². The Hall–Kier alpha value is -0.410. The number of ether oxygens (including phenoxy) is 1. The molecule has 0 aliphatic heterocycles. The Balaban J connectivity index is 2.26. The SMILES string of the molecule is CC(O)C(C)OC1CCC(=O)CC1.